The number of aryl methyl sites for hydroxylation is 2. The van der Waals surface area contributed by atoms with Crippen LogP contribution in [0.25, 0.3) is 11.0 Å². The van der Waals surface area contributed by atoms with Crippen molar-refractivity contribution in [1.29, 1.82) is 0 Å². The van der Waals surface area contributed by atoms with Crippen LogP contribution in [0.2, 0.25) is 0 Å². The van der Waals surface area contributed by atoms with Crippen LogP contribution in [0.15, 0.2) is 18.2 Å². The standard InChI is InChI=1S/C24H37Cl2N5O3/c1-5-34-24(33)20(14-16(2)3)29-23(32)18(27)7-9-22-28-19-15-17(6-8-21(19)30(22)4)31(12-10-25)13-11-26/h6,8,15-16,18,20H,5,7,9-14,27H2,1-4H3,(H,29,32)/t18-,20+/m1/s1. The number of fused-ring (bicyclic) bond motifs is 1. The van der Waals surface area contributed by atoms with Gasteiger partial charge in [0, 0.05) is 44.0 Å². The van der Waals surface area contributed by atoms with Crippen molar-refractivity contribution in [1.82, 2.24) is 14.9 Å². The Morgan fingerprint density at radius 3 is 2.50 bits per heavy atom. The number of carbonyl (C=O) groups excluding carboxylic acids is 2. The second kappa shape index (κ2) is 13.8. The second-order valence-corrected chi connectivity index (χ2v) is 9.47. The number of hydrogen-bond acceptors (Lipinski definition) is 6. The number of esters is 1. The Labute approximate surface area is 212 Å². The fourth-order valence-electron chi connectivity index (χ4n) is 3.86. The van der Waals surface area contributed by atoms with Crippen LogP contribution < -0.4 is 16.0 Å². The normalized spacial score (nSPS) is 13.2. The molecule has 0 aliphatic carbocycles. The summed E-state index contributed by atoms with van der Waals surface area (Å²) in [6.07, 6.45) is 1.42. The van der Waals surface area contributed by atoms with Crippen molar-refractivity contribution in [3.8, 4) is 0 Å². The molecule has 0 bridgehead atoms. The number of ether oxygens (including phenoxy) is 1. The molecule has 10 heteroatoms. The summed E-state index contributed by atoms with van der Waals surface area (Å²) >= 11 is 11.9. The molecule has 0 saturated carbocycles. The van der Waals surface area contributed by atoms with Crippen LogP contribution in [0, 0.1) is 5.92 Å². The van der Waals surface area contributed by atoms with E-state index in [4.69, 9.17) is 38.7 Å². The highest BCUT2D eigenvalue weighted by atomic mass is 35.5. The fourth-order valence-corrected chi connectivity index (χ4v) is 4.26. The van der Waals surface area contributed by atoms with Crippen LogP contribution in [-0.2, 0) is 27.8 Å². The van der Waals surface area contributed by atoms with E-state index in [2.05, 4.69) is 10.2 Å². The highest BCUT2D eigenvalue weighted by Gasteiger charge is 2.26. The number of rotatable bonds is 14. The average molecular weight is 514 g/mol. The van der Waals surface area contributed by atoms with E-state index in [1.54, 1.807) is 6.92 Å². The van der Waals surface area contributed by atoms with Gasteiger partial charge in [0.2, 0.25) is 5.91 Å². The Morgan fingerprint density at radius 1 is 1.24 bits per heavy atom. The minimum absolute atomic E-state index is 0.223. The van der Waals surface area contributed by atoms with E-state index in [0.717, 1.165) is 22.5 Å². The maximum atomic E-state index is 12.7. The first-order chi connectivity index (χ1) is 16.2. The molecule has 1 heterocycles. The van der Waals surface area contributed by atoms with Gasteiger partial charge < -0.3 is 25.3 Å². The summed E-state index contributed by atoms with van der Waals surface area (Å²) in [6, 6.07) is 4.63. The molecule has 8 nitrogen and oxygen atoms in total. The van der Waals surface area contributed by atoms with E-state index >= 15 is 0 Å². The number of carbonyl (C=O) groups is 2. The number of nitrogens with two attached hydrogens (primary N) is 1. The Morgan fingerprint density at radius 2 is 1.91 bits per heavy atom. The number of aromatic nitrogens is 2. The number of nitrogens with zero attached hydrogens (tertiary/aromatic N) is 3. The van der Waals surface area contributed by atoms with Gasteiger partial charge in [-0.25, -0.2) is 9.78 Å². The van der Waals surface area contributed by atoms with E-state index in [-0.39, 0.29) is 18.4 Å². The van der Waals surface area contributed by atoms with Crippen molar-refractivity contribution in [2.45, 2.75) is 52.1 Å². The summed E-state index contributed by atoms with van der Waals surface area (Å²) in [7, 11) is 1.95. The van der Waals surface area contributed by atoms with Crippen molar-refractivity contribution in [3.63, 3.8) is 0 Å². The van der Waals surface area contributed by atoms with Crippen molar-refractivity contribution in [2.24, 2.45) is 18.7 Å². The van der Waals surface area contributed by atoms with E-state index in [1.165, 1.54) is 0 Å². The zero-order chi connectivity index (χ0) is 25.3. The summed E-state index contributed by atoms with van der Waals surface area (Å²) in [5.41, 5.74) is 9.03. The molecular formula is C24H37Cl2N5O3. The van der Waals surface area contributed by atoms with Crippen LogP contribution in [0.1, 0.15) is 39.4 Å². The van der Waals surface area contributed by atoms with Gasteiger partial charge >= 0.3 is 5.97 Å². The van der Waals surface area contributed by atoms with E-state index in [0.29, 0.717) is 44.1 Å². The molecule has 1 aromatic heterocycles. The maximum Gasteiger partial charge on any atom is 0.328 e. The van der Waals surface area contributed by atoms with Crippen molar-refractivity contribution >= 4 is 51.8 Å². The first-order valence-corrected chi connectivity index (χ1v) is 12.8. The number of halogens is 2. The smallest absolute Gasteiger partial charge is 0.328 e. The molecule has 0 spiro atoms. The van der Waals surface area contributed by atoms with E-state index in [9.17, 15) is 9.59 Å². The molecule has 190 valence electrons. The third-order valence-corrected chi connectivity index (χ3v) is 5.98. The van der Waals surface area contributed by atoms with Gasteiger partial charge in [-0.15, -0.1) is 23.2 Å². The number of nitrogens with one attached hydrogen (secondary N) is 1. The molecular weight excluding hydrogens is 477 g/mol. The number of alkyl halides is 2. The molecule has 0 aliphatic heterocycles. The quantitative estimate of drug-likeness (QED) is 0.297. The summed E-state index contributed by atoms with van der Waals surface area (Å²) in [5.74, 6) is 1.28. The van der Waals surface area contributed by atoms with Crippen molar-refractivity contribution in [2.75, 3.05) is 36.4 Å². The van der Waals surface area contributed by atoms with Gasteiger partial charge in [-0.3, -0.25) is 4.79 Å². The molecule has 1 aromatic carbocycles. The lowest BCUT2D eigenvalue weighted by molar-refractivity contribution is -0.148. The van der Waals surface area contributed by atoms with Gasteiger partial charge in [-0.05, 0) is 43.9 Å². The zero-order valence-electron chi connectivity index (χ0n) is 20.5. The van der Waals surface area contributed by atoms with Gasteiger partial charge in [-0.1, -0.05) is 13.8 Å². The molecule has 34 heavy (non-hydrogen) atoms. The van der Waals surface area contributed by atoms with Crippen LogP contribution in [0.4, 0.5) is 5.69 Å². The number of hydrogen-bond donors (Lipinski definition) is 2. The maximum absolute atomic E-state index is 12.7. The summed E-state index contributed by atoms with van der Waals surface area (Å²) < 4.78 is 7.11. The molecule has 0 unspecified atom stereocenters. The highest BCUT2D eigenvalue weighted by molar-refractivity contribution is 6.18. The van der Waals surface area contributed by atoms with Crippen molar-refractivity contribution < 1.29 is 14.3 Å². The molecule has 2 rings (SSSR count). The number of anilines is 1. The predicted octanol–water partition coefficient (Wildman–Crippen LogP) is 3.21. The number of benzene rings is 1. The molecule has 2 atom stereocenters. The monoisotopic (exact) mass is 513 g/mol. The Hall–Kier alpha value is -2.03. The average Bonchev–Trinajstić information content (AvgIpc) is 3.11. The Bertz CT molecular complexity index is 944. The lowest BCUT2D eigenvalue weighted by atomic mass is 10.0. The van der Waals surface area contributed by atoms with Gasteiger partial charge in [0.25, 0.3) is 0 Å². The minimum atomic E-state index is -0.762. The lowest BCUT2D eigenvalue weighted by Gasteiger charge is -2.22. The predicted molar refractivity (Wildman–Crippen MR) is 139 cm³/mol. The minimum Gasteiger partial charge on any atom is -0.464 e. The molecule has 2 aromatic rings. The lowest BCUT2D eigenvalue weighted by Crippen LogP contribution is -2.49. The van der Waals surface area contributed by atoms with Gasteiger partial charge in [-0.2, -0.15) is 0 Å². The Balaban J connectivity index is 2.07. The molecule has 0 saturated heterocycles. The van der Waals surface area contributed by atoms with Crippen LogP contribution >= 0.6 is 23.2 Å². The van der Waals surface area contributed by atoms with Crippen LogP contribution in [0.5, 0.6) is 0 Å². The third kappa shape index (κ3) is 7.75. The van der Waals surface area contributed by atoms with Crippen molar-refractivity contribution in [3.05, 3.63) is 24.0 Å². The molecule has 0 aliphatic rings. The molecule has 0 radical (unpaired) electrons. The van der Waals surface area contributed by atoms with Crippen LogP contribution in [-0.4, -0.2) is 65.0 Å². The van der Waals surface area contributed by atoms with Crippen LogP contribution in [0.3, 0.4) is 0 Å². The zero-order valence-corrected chi connectivity index (χ0v) is 22.0. The number of imidazole rings is 1. The topological polar surface area (TPSA) is 102 Å². The molecule has 3 N–H and O–H groups in total. The highest BCUT2D eigenvalue weighted by Crippen LogP contribution is 2.23. The van der Waals surface area contributed by atoms with Gasteiger partial charge in [0.15, 0.2) is 0 Å². The largest absolute Gasteiger partial charge is 0.464 e. The van der Waals surface area contributed by atoms with Gasteiger partial charge in [0.1, 0.15) is 11.9 Å². The SMILES string of the molecule is CCOC(=O)[C@H](CC(C)C)NC(=O)[C@H](N)CCc1nc2cc(N(CCCl)CCCl)ccc2n1C. The fraction of sp³-hybridized carbons (Fsp3) is 0.625. The summed E-state index contributed by atoms with van der Waals surface area (Å²) in [4.78, 5) is 31.8. The number of amides is 1. The third-order valence-electron chi connectivity index (χ3n) is 5.64. The molecule has 1 amide bonds. The second-order valence-electron chi connectivity index (χ2n) is 8.71. The Kier molecular flexibility index (Phi) is 11.4. The van der Waals surface area contributed by atoms with E-state index < -0.39 is 18.1 Å². The van der Waals surface area contributed by atoms with Gasteiger partial charge in [0.05, 0.1) is 23.7 Å². The first kappa shape index (κ1) is 28.2. The molecule has 0 fully saturated rings. The summed E-state index contributed by atoms with van der Waals surface area (Å²) in [5, 5.41) is 2.76. The summed E-state index contributed by atoms with van der Waals surface area (Å²) in [6.45, 7) is 7.38. The van der Waals surface area contributed by atoms with E-state index in [1.807, 2.05) is 43.7 Å². The first-order valence-electron chi connectivity index (χ1n) is 11.8.